The van der Waals surface area contributed by atoms with Crippen LogP contribution >= 0.6 is 0 Å². The van der Waals surface area contributed by atoms with Crippen LogP contribution in [0.25, 0.3) is 11.3 Å². The second-order valence-electron chi connectivity index (χ2n) is 13.0. The minimum atomic E-state index is -1.88. The molecule has 0 radical (unpaired) electrons. The molecule has 2 aromatic rings. The molecule has 0 spiro atoms. The van der Waals surface area contributed by atoms with Crippen molar-refractivity contribution in [2.24, 2.45) is 22.7 Å². The Morgan fingerprint density at radius 2 is 1.93 bits per heavy atom. The highest BCUT2D eigenvalue weighted by molar-refractivity contribution is 5.79. The normalized spacial score (nSPS) is 35.0. The number of carboxylic acid groups (broad SMARTS) is 1. The van der Waals surface area contributed by atoms with E-state index < -0.39 is 40.2 Å². The van der Waals surface area contributed by atoms with Crippen LogP contribution in [0.1, 0.15) is 64.9 Å². The zero-order valence-corrected chi connectivity index (χ0v) is 23.7. The highest BCUT2D eigenvalue weighted by atomic mass is 16.5. The Balaban J connectivity index is 1.36. The van der Waals surface area contributed by atoms with E-state index in [0.717, 1.165) is 18.4 Å². The van der Waals surface area contributed by atoms with Gasteiger partial charge in [-0.3, -0.25) is 14.6 Å². The fourth-order valence-corrected chi connectivity index (χ4v) is 7.65. The molecule has 1 unspecified atom stereocenters. The maximum absolute atomic E-state index is 13.4. The number of carbonyl (C=O) groups excluding carboxylic acids is 1. The lowest BCUT2D eigenvalue weighted by atomic mass is 9.59. The van der Waals surface area contributed by atoms with E-state index in [1.165, 1.54) is 13.0 Å². The fourth-order valence-electron chi connectivity index (χ4n) is 7.65. The lowest BCUT2D eigenvalue weighted by Gasteiger charge is -2.50. The predicted octanol–water partition coefficient (Wildman–Crippen LogP) is 3.85. The van der Waals surface area contributed by atoms with Crippen molar-refractivity contribution < 1.29 is 38.8 Å². The van der Waals surface area contributed by atoms with Crippen LogP contribution in [0.5, 0.6) is 5.75 Å². The molecule has 4 aliphatic carbocycles. The molecule has 0 saturated heterocycles. The van der Waals surface area contributed by atoms with Gasteiger partial charge in [0.1, 0.15) is 40.6 Å². The number of aromatic nitrogens is 1. The van der Waals surface area contributed by atoms with Crippen LogP contribution in [0.3, 0.4) is 0 Å². The van der Waals surface area contributed by atoms with Crippen LogP contribution in [0, 0.1) is 22.7 Å². The summed E-state index contributed by atoms with van der Waals surface area (Å²) in [7, 11) is 0. The van der Waals surface area contributed by atoms with Gasteiger partial charge in [0, 0.05) is 41.4 Å². The molecule has 10 nitrogen and oxygen atoms in total. The molecule has 0 amide bonds. The Bertz CT molecular complexity index is 1650. The summed E-state index contributed by atoms with van der Waals surface area (Å²) in [5.74, 6) is -1.21. The molecule has 2 aromatic heterocycles. The lowest BCUT2D eigenvalue weighted by Crippen LogP contribution is -2.49. The van der Waals surface area contributed by atoms with Crippen molar-refractivity contribution in [1.82, 2.24) is 4.98 Å². The zero-order chi connectivity index (χ0) is 29.8. The van der Waals surface area contributed by atoms with E-state index in [4.69, 9.17) is 13.9 Å². The number of nitrogens with zero attached hydrogens (tertiary/aromatic N) is 1. The van der Waals surface area contributed by atoms with E-state index in [9.17, 15) is 29.7 Å². The SMILES string of the molecule is C[C@@]1(O)C2=C(Oc3cc(-c4cccnc4)oc(=O)c31)[C@H](O)CC1=C2CC[C@H](OC(=O)C2CC2)[C@@]1(C)C1C[C@]1(C)C(=O)O. The number of aliphatic hydroxyl groups is 2. The van der Waals surface area contributed by atoms with Gasteiger partial charge in [0.25, 0.3) is 0 Å². The van der Waals surface area contributed by atoms with E-state index in [1.54, 1.807) is 31.5 Å². The molecule has 7 rings (SSSR count). The molecule has 5 aliphatic rings. The standard InChI is InChI=1S/C32H33NO9/c1-30(29(37)38)13-22(30)31(2)18-11-19(34)26-24(17(18)8-9-23(31)42-27(35)15-6-7-15)32(3,39)25-21(40-26)12-20(41-28(25)36)16-5-4-10-33-14-16/h4-5,10,12,14-15,19,22-23,34,39H,6-9,11,13H2,1-3H3,(H,37,38)/t19-,22?,23+,30+,31-,32-/m1/s1. The molecule has 1 aliphatic heterocycles. The Kier molecular flexibility index (Phi) is 5.72. The highest BCUT2D eigenvalue weighted by Gasteiger charge is 2.69. The van der Waals surface area contributed by atoms with Gasteiger partial charge < -0.3 is 29.2 Å². The largest absolute Gasteiger partial charge is 0.481 e. The first-order valence-electron chi connectivity index (χ1n) is 14.5. The number of rotatable bonds is 5. The quantitative estimate of drug-likeness (QED) is 0.448. The summed E-state index contributed by atoms with van der Waals surface area (Å²) >= 11 is 0. The molecule has 2 fully saturated rings. The van der Waals surface area contributed by atoms with Gasteiger partial charge in [0.2, 0.25) is 0 Å². The van der Waals surface area contributed by atoms with E-state index in [2.05, 4.69) is 4.98 Å². The van der Waals surface area contributed by atoms with E-state index in [1.807, 2.05) is 6.92 Å². The maximum Gasteiger partial charge on any atom is 0.346 e. The summed E-state index contributed by atoms with van der Waals surface area (Å²) < 4.78 is 17.9. The van der Waals surface area contributed by atoms with Crippen molar-refractivity contribution in [2.45, 2.75) is 77.1 Å². The maximum atomic E-state index is 13.4. The van der Waals surface area contributed by atoms with Crippen molar-refractivity contribution in [3.8, 4) is 17.1 Å². The molecular weight excluding hydrogens is 542 g/mol. The van der Waals surface area contributed by atoms with Crippen LogP contribution in [-0.2, 0) is 19.9 Å². The van der Waals surface area contributed by atoms with Crippen molar-refractivity contribution in [3.05, 3.63) is 69.1 Å². The number of carbonyl (C=O) groups is 2. The van der Waals surface area contributed by atoms with Crippen molar-refractivity contribution in [2.75, 3.05) is 0 Å². The molecule has 10 heteroatoms. The Morgan fingerprint density at radius 3 is 2.57 bits per heavy atom. The molecule has 42 heavy (non-hydrogen) atoms. The third kappa shape index (κ3) is 3.77. The van der Waals surface area contributed by atoms with Crippen molar-refractivity contribution in [1.29, 1.82) is 0 Å². The molecule has 220 valence electrons. The van der Waals surface area contributed by atoms with Gasteiger partial charge in [-0.05, 0) is 69.6 Å². The third-order valence-corrected chi connectivity index (χ3v) is 10.3. The summed E-state index contributed by atoms with van der Waals surface area (Å²) in [6, 6.07) is 4.95. The number of esters is 1. The average Bonchev–Trinajstić information content (AvgIpc) is 3.87. The summed E-state index contributed by atoms with van der Waals surface area (Å²) in [5.41, 5.74) is -2.37. The van der Waals surface area contributed by atoms with E-state index in [-0.39, 0.29) is 47.1 Å². The van der Waals surface area contributed by atoms with Gasteiger partial charge in [-0.2, -0.15) is 0 Å². The molecule has 0 aromatic carbocycles. The van der Waals surface area contributed by atoms with Crippen molar-refractivity contribution in [3.63, 3.8) is 0 Å². The molecular formula is C32H33NO9. The number of ether oxygens (including phenoxy) is 2. The first-order chi connectivity index (χ1) is 19.9. The number of carboxylic acids is 1. The van der Waals surface area contributed by atoms with Crippen LogP contribution in [0.15, 0.2) is 62.3 Å². The zero-order valence-electron chi connectivity index (χ0n) is 23.7. The molecule has 2 saturated carbocycles. The number of pyridine rings is 1. The van der Waals surface area contributed by atoms with E-state index in [0.29, 0.717) is 36.0 Å². The van der Waals surface area contributed by atoms with Crippen molar-refractivity contribution >= 4 is 11.9 Å². The Morgan fingerprint density at radius 1 is 1.17 bits per heavy atom. The lowest BCUT2D eigenvalue weighted by molar-refractivity contribution is -0.159. The van der Waals surface area contributed by atoms with Gasteiger partial charge in [-0.25, -0.2) is 4.79 Å². The Labute approximate surface area is 241 Å². The first-order valence-corrected chi connectivity index (χ1v) is 14.5. The second-order valence-corrected chi connectivity index (χ2v) is 13.0. The predicted molar refractivity (Wildman–Crippen MR) is 147 cm³/mol. The minimum Gasteiger partial charge on any atom is -0.481 e. The van der Waals surface area contributed by atoms with Gasteiger partial charge >= 0.3 is 17.6 Å². The number of aliphatic hydroxyl groups excluding tert-OH is 1. The molecule has 3 heterocycles. The molecule has 6 atom stereocenters. The molecule has 0 bridgehead atoms. The Hall–Kier alpha value is -3.76. The van der Waals surface area contributed by atoms with Crippen LogP contribution in [0.4, 0.5) is 0 Å². The number of aliphatic carboxylic acids is 1. The van der Waals surface area contributed by atoms with E-state index >= 15 is 0 Å². The fraction of sp³-hybridized carbons (Fsp3) is 0.500. The minimum absolute atomic E-state index is 0.0828. The van der Waals surface area contributed by atoms with Gasteiger partial charge in [0.15, 0.2) is 0 Å². The van der Waals surface area contributed by atoms with Gasteiger partial charge in [-0.1, -0.05) is 12.5 Å². The second kappa shape index (κ2) is 8.87. The van der Waals surface area contributed by atoms with Crippen LogP contribution in [-0.4, -0.2) is 44.5 Å². The highest BCUT2D eigenvalue weighted by Crippen LogP contribution is 2.69. The monoisotopic (exact) mass is 575 g/mol. The number of hydrogen-bond acceptors (Lipinski definition) is 9. The number of hydrogen-bond donors (Lipinski definition) is 3. The van der Waals surface area contributed by atoms with Gasteiger partial charge in [-0.15, -0.1) is 0 Å². The summed E-state index contributed by atoms with van der Waals surface area (Å²) in [5, 5.41) is 33.7. The summed E-state index contributed by atoms with van der Waals surface area (Å²) in [6.45, 7) is 5.11. The van der Waals surface area contributed by atoms with Crippen LogP contribution < -0.4 is 10.4 Å². The first kappa shape index (κ1) is 27.1. The van der Waals surface area contributed by atoms with Gasteiger partial charge in [0.05, 0.1) is 11.3 Å². The average molecular weight is 576 g/mol. The summed E-state index contributed by atoms with van der Waals surface area (Å²) in [6.07, 6.45) is 4.26. The smallest absolute Gasteiger partial charge is 0.346 e. The topological polar surface area (TPSA) is 156 Å². The van der Waals surface area contributed by atoms with Crippen LogP contribution in [0.2, 0.25) is 0 Å². The summed E-state index contributed by atoms with van der Waals surface area (Å²) in [4.78, 5) is 42.6. The number of fused-ring (bicyclic) bond motifs is 2. The molecule has 3 N–H and O–H groups in total. The third-order valence-electron chi connectivity index (χ3n) is 10.3.